The van der Waals surface area contributed by atoms with E-state index in [1.807, 2.05) is 6.92 Å². The van der Waals surface area contributed by atoms with Crippen LogP contribution in [0, 0.1) is 19.3 Å². The van der Waals surface area contributed by atoms with Crippen molar-refractivity contribution < 1.29 is 4.79 Å². The third kappa shape index (κ3) is 3.21. The molecule has 2 rings (SSSR count). The fourth-order valence-electron chi connectivity index (χ4n) is 3.09. The van der Waals surface area contributed by atoms with Crippen molar-refractivity contribution in [2.45, 2.75) is 46.5 Å². The van der Waals surface area contributed by atoms with Crippen molar-refractivity contribution in [2.75, 3.05) is 18.4 Å². The highest BCUT2D eigenvalue weighted by molar-refractivity contribution is 5.96. The lowest BCUT2D eigenvalue weighted by Crippen LogP contribution is -2.48. The Morgan fingerprint density at radius 3 is 2.85 bits per heavy atom. The molecule has 0 bridgehead atoms. The zero-order chi connectivity index (χ0) is 14.6. The fraction of sp³-hybridized carbons (Fsp3) is 0.588. The van der Waals surface area contributed by atoms with Gasteiger partial charge in [0.2, 0.25) is 5.91 Å². The second-order valence-electron chi connectivity index (χ2n) is 6.08. The molecule has 1 aromatic carbocycles. The Bertz CT molecular complexity index is 470. The van der Waals surface area contributed by atoms with E-state index < -0.39 is 0 Å². The maximum absolute atomic E-state index is 12.8. The molecule has 1 aliphatic rings. The van der Waals surface area contributed by atoms with Gasteiger partial charge in [-0.2, -0.15) is 0 Å². The Kier molecular flexibility index (Phi) is 4.81. The number of aryl methyl sites for hydroxylation is 2. The van der Waals surface area contributed by atoms with E-state index in [0.717, 1.165) is 50.0 Å². The Labute approximate surface area is 122 Å². The van der Waals surface area contributed by atoms with Crippen LogP contribution in [-0.4, -0.2) is 19.0 Å². The van der Waals surface area contributed by atoms with Gasteiger partial charge in [-0.05, 0) is 56.8 Å². The van der Waals surface area contributed by atoms with Crippen LogP contribution in [0.15, 0.2) is 18.2 Å². The lowest BCUT2D eigenvalue weighted by molar-refractivity contribution is -0.127. The van der Waals surface area contributed by atoms with Gasteiger partial charge in [0.05, 0.1) is 5.41 Å². The summed E-state index contributed by atoms with van der Waals surface area (Å²) in [4.78, 5) is 12.8. The number of amides is 1. The van der Waals surface area contributed by atoms with Gasteiger partial charge in [0.25, 0.3) is 0 Å². The van der Waals surface area contributed by atoms with Crippen LogP contribution in [-0.2, 0) is 4.79 Å². The van der Waals surface area contributed by atoms with Gasteiger partial charge in [0, 0.05) is 12.2 Å². The molecular weight excluding hydrogens is 248 g/mol. The molecule has 1 fully saturated rings. The van der Waals surface area contributed by atoms with Crippen LogP contribution >= 0.6 is 0 Å². The summed E-state index contributed by atoms with van der Waals surface area (Å²) in [6.07, 6.45) is 4.07. The number of anilines is 1. The zero-order valence-corrected chi connectivity index (χ0v) is 12.9. The van der Waals surface area contributed by atoms with Crippen LogP contribution in [0.5, 0.6) is 0 Å². The first kappa shape index (κ1) is 15.0. The van der Waals surface area contributed by atoms with Gasteiger partial charge in [-0.1, -0.05) is 25.5 Å². The highest BCUT2D eigenvalue weighted by atomic mass is 16.2. The highest BCUT2D eigenvalue weighted by Crippen LogP contribution is 2.33. The first-order valence-corrected chi connectivity index (χ1v) is 7.67. The summed E-state index contributed by atoms with van der Waals surface area (Å²) >= 11 is 0. The van der Waals surface area contributed by atoms with Crippen molar-refractivity contribution >= 4 is 11.6 Å². The number of hydrogen-bond donors (Lipinski definition) is 2. The van der Waals surface area contributed by atoms with Gasteiger partial charge in [-0.15, -0.1) is 0 Å². The summed E-state index contributed by atoms with van der Waals surface area (Å²) in [6, 6.07) is 6.20. The van der Waals surface area contributed by atoms with Gasteiger partial charge in [0.1, 0.15) is 0 Å². The number of rotatable bonds is 4. The van der Waals surface area contributed by atoms with E-state index in [2.05, 4.69) is 42.7 Å². The van der Waals surface area contributed by atoms with Crippen molar-refractivity contribution in [3.05, 3.63) is 29.3 Å². The Balaban J connectivity index is 2.18. The molecule has 1 heterocycles. The molecular formula is C17H26N2O. The minimum absolute atomic E-state index is 0.181. The molecule has 20 heavy (non-hydrogen) atoms. The van der Waals surface area contributed by atoms with E-state index in [9.17, 15) is 4.79 Å². The lowest BCUT2D eigenvalue weighted by atomic mass is 9.76. The minimum atomic E-state index is -0.233. The Morgan fingerprint density at radius 2 is 2.20 bits per heavy atom. The summed E-state index contributed by atoms with van der Waals surface area (Å²) in [6.45, 7) is 8.08. The monoisotopic (exact) mass is 274 g/mol. The number of benzene rings is 1. The number of carbonyl (C=O) groups excluding carboxylic acids is 1. The molecule has 3 nitrogen and oxygen atoms in total. The molecule has 0 saturated carbocycles. The lowest BCUT2D eigenvalue weighted by Gasteiger charge is -2.36. The van der Waals surface area contributed by atoms with Gasteiger partial charge in [0.15, 0.2) is 0 Å². The van der Waals surface area contributed by atoms with Gasteiger partial charge < -0.3 is 10.6 Å². The average Bonchev–Trinajstić information content (AvgIpc) is 2.44. The molecule has 3 heteroatoms. The van der Waals surface area contributed by atoms with E-state index in [1.54, 1.807) is 0 Å². The summed E-state index contributed by atoms with van der Waals surface area (Å²) in [5.74, 6) is 0.181. The standard InChI is InChI=1S/C17H26N2O/c1-4-8-17(9-5-10-18-12-17)16(20)19-15-11-13(2)6-7-14(15)3/h6-7,11,18H,4-5,8-10,12H2,1-3H3,(H,19,20). The number of carbonyl (C=O) groups is 1. The molecule has 1 atom stereocenters. The molecule has 0 spiro atoms. The van der Waals surface area contributed by atoms with Crippen molar-refractivity contribution in [3.8, 4) is 0 Å². The number of piperidine rings is 1. The van der Waals surface area contributed by atoms with E-state index in [4.69, 9.17) is 0 Å². The first-order valence-electron chi connectivity index (χ1n) is 7.67. The second kappa shape index (κ2) is 6.40. The molecule has 1 amide bonds. The third-order valence-electron chi connectivity index (χ3n) is 4.32. The predicted octanol–water partition coefficient (Wildman–Crippen LogP) is 3.41. The van der Waals surface area contributed by atoms with Crippen molar-refractivity contribution in [3.63, 3.8) is 0 Å². The summed E-state index contributed by atoms with van der Waals surface area (Å²) in [5, 5.41) is 6.56. The zero-order valence-electron chi connectivity index (χ0n) is 12.9. The third-order valence-corrected chi connectivity index (χ3v) is 4.32. The average molecular weight is 274 g/mol. The van der Waals surface area contributed by atoms with Crippen molar-refractivity contribution in [1.82, 2.24) is 5.32 Å². The molecule has 2 N–H and O–H groups in total. The van der Waals surface area contributed by atoms with Crippen molar-refractivity contribution in [1.29, 1.82) is 0 Å². The van der Waals surface area contributed by atoms with Crippen LogP contribution < -0.4 is 10.6 Å². The van der Waals surface area contributed by atoms with Gasteiger partial charge in [-0.25, -0.2) is 0 Å². The maximum atomic E-state index is 12.8. The van der Waals surface area contributed by atoms with Crippen LogP contribution in [0.4, 0.5) is 5.69 Å². The largest absolute Gasteiger partial charge is 0.325 e. The normalized spacial score (nSPS) is 22.6. The van der Waals surface area contributed by atoms with E-state index in [1.165, 1.54) is 5.56 Å². The minimum Gasteiger partial charge on any atom is -0.325 e. The van der Waals surface area contributed by atoms with Crippen LogP contribution in [0.25, 0.3) is 0 Å². The van der Waals surface area contributed by atoms with Crippen LogP contribution in [0.3, 0.4) is 0 Å². The summed E-state index contributed by atoms with van der Waals surface area (Å²) < 4.78 is 0. The maximum Gasteiger partial charge on any atom is 0.231 e. The number of hydrogen-bond acceptors (Lipinski definition) is 2. The molecule has 0 aliphatic carbocycles. The molecule has 110 valence electrons. The quantitative estimate of drug-likeness (QED) is 0.883. The second-order valence-corrected chi connectivity index (χ2v) is 6.08. The number of nitrogens with one attached hydrogen (secondary N) is 2. The summed E-state index contributed by atoms with van der Waals surface area (Å²) in [7, 11) is 0. The van der Waals surface area contributed by atoms with E-state index in [0.29, 0.717) is 0 Å². The van der Waals surface area contributed by atoms with Crippen LogP contribution in [0.2, 0.25) is 0 Å². The van der Waals surface area contributed by atoms with Gasteiger partial charge in [-0.3, -0.25) is 4.79 Å². The van der Waals surface area contributed by atoms with Crippen LogP contribution in [0.1, 0.15) is 43.7 Å². The summed E-state index contributed by atoms with van der Waals surface area (Å²) in [5.41, 5.74) is 3.02. The van der Waals surface area contributed by atoms with E-state index >= 15 is 0 Å². The highest BCUT2D eigenvalue weighted by Gasteiger charge is 2.38. The molecule has 0 aromatic heterocycles. The predicted molar refractivity (Wildman–Crippen MR) is 84.0 cm³/mol. The van der Waals surface area contributed by atoms with E-state index in [-0.39, 0.29) is 11.3 Å². The molecule has 1 unspecified atom stereocenters. The van der Waals surface area contributed by atoms with Crippen molar-refractivity contribution in [2.24, 2.45) is 5.41 Å². The SMILES string of the molecule is CCCC1(C(=O)Nc2cc(C)ccc2C)CCCNC1. The first-order chi connectivity index (χ1) is 9.57. The van der Waals surface area contributed by atoms with Gasteiger partial charge >= 0.3 is 0 Å². The Morgan fingerprint density at radius 1 is 1.40 bits per heavy atom. The molecule has 1 aliphatic heterocycles. The molecule has 1 saturated heterocycles. The Hall–Kier alpha value is -1.35. The molecule has 1 aromatic rings. The molecule has 0 radical (unpaired) electrons. The topological polar surface area (TPSA) is 41.1 Å². The smallest absolute Gasteiger partial charge is 0.231 e. The fourth-order valence-corrected chi connectivity index (χ4v) is 3.09.